The molecule has 0 unspecified atom stereocenters. The third kappa shape index (κ3) is 3.72. The van der Waals surface area contributed by atoms with Crippen LogP contribution in [0.15, 0.2) is 42.0 Å². The van der Waals surface area contributed by atoms with Gasteiger partial charge in [-0.15, -0.1) is 0 Å². The van der Waals surface area contributed by atoms with Gasteiger partial charge in [0.1, 0.15) is 0 Å². The number of Topliss-reactive ketones (excluding diaryl/α,β-unsaturated/α-hetero) is 1. The summed E-state index contributed by atoms with van der Waals surface area (Å²) in [6, 6.07) is 11.4. The molecule has 0 aromatic heterocycles. The molecule has 0 saturated heterocycles. The average molecular weight is 357 g/mol. The van der Waals surface area contributed by atoms with E-state index >= 15 is 0 Å². The fourth-order valence-electron chi connectivity index (χ4n) is 3.03. The van der Waals surface area contributed by atoms with Crippen LogP contribution in [-0.2, 0) is 6.42 Å². The SMILES string of the molecule is COc1cc(/C=C2\CCc3ccccc3C2=O)cc(Cl)c1OC(C)C. The van der Waals surface area contributed by atoms with Gasteiger partial charge in [0.2, 0.25) is 0 Å². The first kappa shape index (κ1) is 17.6. The molecular weight excluding hydrogens is 336 g/mol. The largest absolute Gasteiger partial charge is 0.493 e. The zero-order valence-electron chi connectivity index (χ0n) is 14.6. The van der Waals surface area contributed by atoms with Crippen LogP contribution in [0, 0.1) is 0 Å². The topological polar surface area (TPSA) is 35.5 Å². The minimum atomic E-state index is -0.00738. The number of ether oxygens (including phenoxy) is 2. The van der Waals surface area contributed by atoms with E-state index in [1.54, 1.807) is 7.11 Å². The minimum absolute atomic E-state index is 0.00738. The average Bonchev–Trinajstić information content (AvgIpc) is 2.59. The Morgan fingerprint density at radius 1 is 1.16 bits per heavy atom. The number of halogens is 1. The number of aryl methyl sites for hydroxylation is 1. The predicted octanol–water partition coefficient (Wildman–Crippen LogP) is 5.35. The van der Waals surface area contributed by atoms with Gasteiger partial charge in [0.05, 0.1) is 18.2 Å². The van der Waals surface area contributed by atoms with Gasteiger partial charge in [0.15, 0.2) is 17.3 Å². The van der Waals surface area contributed by atoms with Crippen molar-refractivity contribution in [2.45, 2.75) is 32.8 Å². The van der Waals surface area contributed by atoms with Crippen LogP contribution in [0.1, 0.15) is 41.8 Å². The second-order valence-corrected chi connectivity index (χ2v) is 6.76. The molecule has 1 aliphatic carbocycles. The van der Waals surface area contributed by atoms with E-state index < -0.39 is 0 Å². The maximum atomic E-state index is 12.7. The highest BCUT2D eigenvalue weighted by Gasteiger charge is 2.21. The molecule has 0 spiro atoms. The first-order valence-corrected chi connectivity index (χ1v) is 8.74. The summed E-state index contributed by atoms with van der Waals surface area (Å²) in [6.45, 7) is 3.87. The zero-order chi connectivity index (χ0) is 18.0. The number of methoxy groups -OCH3 is 1. The van der Waals surface area contributed by atoms with Crippen LogP contribution in [0.25, 0.3) is 6.08 Å². The monoisotopic (exact) mass is 356 g/mol. The summed E-state index contributed by atoms with van der Waals surface area (Å²) in [7, 11) is 1.58. The van der Waals surface area contributed by atoms with Crippen LogP contribution in [-0.4, -0.2) is 19.0 Å². The summed E-state index contributed by atoms with van der Waals surface area (Å²) >= 11 is 6.37. The molecule has 0 saturated carbocycles. The van der Waals surface area contributed by atoms with E-state index in [1.165, 1.54) is 0 Å². The lowest BCUT2D eigenvalue weighted by Gasteiger charge is -2.18. The highest BCUT2D eigenvalue weighted by Crippen LogP contribution is 2.38. The Kier molecular flexibility index (Phi) is 5.14. The quantitative estimate of drug-likeness (QED) is 0.693. The molecule has 0 amide bonds. The number of carbonyl (C=O) groups is 1. The first-order chi connectivity index (χ1) is 12.0. The van der Waals surface area contributed by atoms with Crippen molar-refractivity contribution in [2.24, 2.45) is 0 Å². The zero-order valence-corrected chi connectivity index (χ0v) is 15.4. The van der Waals surface area contributed by atoms with Gasteiger partial charge in [-0.1, -0.05) is 35.9 Å². The molecule has 1 aliphatic rings. The smallest absolute Gasteiger partial charge is 0.189 e. The Balaban J connectivity index is 1.97. The van der Waals surface area contributed by atoms with Gasteiger partial charge in [-0.25, -0.2) is 0 Å². The van der Waals surface area contributed by atoms with Crippen molar-refractivity contribution in [3.63, 3.8) is 0 Å². The maximum Gasteiger partial charge on any atom is 0.189 e. The van der Waals surface area contributed by atoms with E-state index in [4.69, 9.17) is 21.1 Å². The fraction of sp³-hybridized carbons (Fsp3) is 0.286. The Bertz CT molecular complexity index is 837. The Labute approximate surface area is 153 Å². The number of rotatable bonds is 4. The molecule has 0 bridgehead atoms. The number of hydrogen-bond donors (Lipinski definition) is 0. The summed E-state index contributed by atoms with van der Waals surface area (Å²) in [6.07, 6.45) is 3.48. The number of ketones is 1. The lowest BCUT2D eigenvalue weighted by molar-refractivity contribution is 0.102. The predicted molar refractivity (Wildman–Crippen MR) is 101 cm³/mol. The normalized spacial score (nSPS) is 15.4. The van der Waals surface area contributed by atoms with E-state index in [-0.39, 0.29) is 11.9 Å². The summed E-state index contributed by atoms with van der Waals surface area (Å²) < 4.78 is 11.2. The molecule has 0 radical (unpaired) electrons. The van der Waals surface area contributed by atoms with Crippen LogP contribution < -0.4 is 9.47 Å². The van der Waals surface area contributed by atoms with Crippen molar-refractivity contribution in [1.29, 1.82) is 0 Å². The van der Waals surface area contributed by atoms with Gasteiger partial charge in [-0.2, -0.15) is 0 Å². The molecule has 0 N–H and O–H groups in total. The molecule has 0 heterocycles. The van der Waals surface area contributed by atoms with Crippen LogP contribution >= 0.6 is 11.6 Å². The molecule has 0 atom stereocenters. The van der Waals surface area contributed by atoms with E-state index in [0.717, 1.165) is 35.1 Å². The van der Waals surface area contributed by atoms with Crippen LogP contribution in [0.4, 0.5) is 0 Å². The molecule has 25 heavy (non-hydrogen) atoms. The van der Waals surface area contributed by atoms with Crippen molar-refractivity contribution in [1.82, 2.24) is 0 Å². The molecule has 4 heteroatoms. The molecule has 3 rings (SSSR count). The second kappa shape index (κ2) is 7.32. The van der Waals surface area contributed by atoms with Crippen molar-refractivity contribution >= 4 is 23.5 Å². The number of carbonyl (C=O) groups excluding carboxylic acids is 1. The fourth-order valence-corrected chi connectivity index (χ4v) is 3.29. The molecule has 3 nitrogen and oxygen atoms in total. The molecular formula is C21H21ClO3. The Hall–Kier alpha value is -2.26. The third-order valence-electron chi connectivity index (χ3n) is 4.16. The number of benzene rings is 2. The third-order valence-corrected chi connectivity index (χ3v) is 4.44. The number of hydrogen-bond acceptors (Lipinski definition) is 3. The Morgan fingerprint density at radius 3 is 2.64 bits per heavy atom. The number of allylic oxidation sites excluding steroid dienone is 1. The molecule has 0 fully saturated rings. The molecule has 2 aromatic carbocycles. The van der Waals surface area contributed by atoms with Crippen molar-refractivity contribution in [3.05, 3.63) is 63.7 Å². The van der Waals surface area contributed by atoms with Crippen molar-refractivity contribution in [2.75, 3.05) is 7.11 Å². The van der Waals surface area contributed by atoms with E-state index in [9.17, 15) is 4.79 Å². The number of fused-ring (bicyclic) bond motifs is 1. The molecule has 2 aromatic rings. The lowest BCUT2D eigenvalue weighted by atomic mass is 9.86. The maximum absolute atomic E-state index is 12.7. The van der Waals surface area contributed by atoms with Gasteiger partial charge >= 0.3 is 0 Å². The van der Waals surface area contributed by atoms with Crippen LogP contribution in [0.3, 0.4) is 0 Å². The van der Waals surface area contributed by atoms with E-state index in [1.807, 2.05) is 56.3 Å². The van der Waals surface area contributed by atoms with E-state index in [0.29, 0.717) is 16.5 Å². The van der Waals surface area contributed by atoms with Gasteiger partial charge in [-0.3, -0.25) is 4.79 Å². The standard InChI is InChI=1S/C21H21ClO3/c1-13(2)25-21-18(22)11-14(12-19(21)24-3)10-16-9-8-15-6-4-5-7-17(15)20(16)23/h4-7,10-13H,8-9H2,1-3H3/b16-10+. The van der Waals surface area contributed by atoms with Gasteiger partial charge < -0.3 is 9.47 Å². The molecule has 0 aliphatic heterocycles. The molecule has 130 valence electrons. The van der Waals surface area contributed by atoms with Gasteiger partial charge in [-0.05, 0) is 56.0 Å². The van der Waals surface area contributed by atoms with Crippen molar-refractivity contribution < 1.29 is 14.3 Å². The van der Waals surface area contributed by atoms with Gasteiger partial charge in [0.25, 0.3) is 0 Å². The Morgan fingerprint density at radius 2 is 1.92 bits per heavy atom. The summed E-state index contributed by atoms with van der Waals surface area (Å²) in [5, 5.41) is 0.476. The lowest BCUT2D eigenvalue weighted by Crippen LogP contribution is -2.13. The minimum Gasteiger partial charge on any atom is -0.493 e. The van der Waals surface area contributed by atoms with Crippen LogP contribution in [0.2, 0.25) is 5.02 Å². The van der Waals surface area contributed by atoms with Gasteiger partial charge in [0, 0.05) is 11.1 Å². The summed E-state index contributed by atoms with van der Waals surface area (Å²) in [4.78, 5) is 12.7. The van der Waals surface area contributed by atoms with Crippen molar-refractivity contribution in [3.8, 4) is 11.5 Å². The van der Waals surface area contributed by atoms with E-state index in [2.05, 4.69) is 0 Å². The highest BCUT2D eigenvalue weighted by atomic mass is 35.5. The highest BCUT2D eigenvalue weighted by molar-refractivity contribution is 6.32. The first-order valence-electron chi connectivity index (χ1n) is 8.37. The second-order valence-electron chi connectivity index (χ2n) is 6.36. The van der Waals surface area contributed by atoms with Crippen LogP contribution in [0.5, 0.6) is 11.5 Å². The summed E-state index contributed by atoms with van der Waals surface area (Å²) in [5.74, 6) is 1.18. The summed E-state index contributed by atoms with van der Waals surface area (Å²) in [5.41, 5.74) is 3.52.